The minimum absolute atomic E-state index is 0.00820. The first-order valence-corrected chi connectivity index (χ1v) is 7.50. The summed E-state index contributed by atoms with van der Waals surface area (Å²) in [6, 6.07) is 8.14. The number of hydrogen-bond donors (Lipinski definition) is 2. The average molecular weight is 289 g/mol. The highest BCUT2D eigenvalue weighted by Gasteiger charge is 2.44. The molecule has 1 aliphatic rings. The number of carboxylic acids is 1. The monoisotopic (exact) mass is 289 g/mol. The maximum atomic E-state index is 12.1. The topological polar surface area (TPSA) is 66.4 Å². The third-order valence-electron chi connectivity index (χ3n) is 4.03. The highest BCUT2D eigenvalue weighted by atomic mass is 16.4. The number of carbonyl (C=O) groups is 2. The minimum atomic E-state index is -0.889. The van der Waals surface area contributed by atoms with Gasteiger partial charge >= 0.3 is 5.97 Å². The molecule has 0 heterocycles. The smallest absolute Gasteiger partial charge is 0.305 e. The average Bonchev–Trinajstić information content (AvgIpc) is 3.18. The van der Waals surface area contributed by atoms with Crippen LogP contribution in [0, 0.1) is 5.92 Å². The summed E-state index contributed by atoms with van der Waals surface area (Å²) in [5.74, 6) is -0.135. The van der Waals surface area contributed by atoms with E-state index in [0.29, 0.717) is 5.92 Å². The second-order valence-corrected chi connectivity index (χ2v) is 6.28. The van der Waals surface area contributed by atoms with Gasteiger partial charge in [0, 0.05) is 12.0 Å². The minimum Gasteiger partial charge on any atom is -0.481 e. The van der Waals surface area contributed by atoms with E-state index < -0.39 is 5.97 Å². The van der Waals surface area contributed by atoms with Crippen LogP contribution < -0.4 is 5.32 Å². The second-order valence-electron chi connectivity index (χ2n) is 6.28. The van der Waals surface area contributed by atoms with Crippen LogP contribution in [0.1, 0.15) is 56.6 Å². The van der Waals surface area contributed by atoms with E-state index in [1.165, 1.54) is 11.1 Å². The third-order valence-corrected chi connectivity index (χ3v) is 4.03. The summed E-state index contributed by atoms with van der Waals surface area (Å²) in [5.41, 5.74) is 2.50. The van der Waals surface area contributed by atoms with E-state index in [-0.39, 0.29) is 30.2 Å². The van der Waals surface area contributed by atoms with Gasteiger partial charge in [-0.25, -0.2) is 0 Å². The maximum Gasteiger partial charge on any atom is 0.305 e. The van der Waals surface area contributed by atoms with Crippen LogP contribution in [0.5, 0.6) is 0 Å². The summed E-state index contributed by atoms with van der Waals surface area (Å²) in [5, 5.41) is 11.5. The molecule has 1 saturated carbocycles. The molecule has 1 fully saturated rings. The summed E-state index contributed by atoms with van der Waals surface area (Å²) in [7, 11) is 0. The van der Waals surface area contributed by atoms with Gasteiger partial charge in [-0.05, 0) is 36.3 Å². The van der Waals surface area contributed by atoms with E-state index >= 15 is 0 Å². The molecule has 1 aromatic carbocycles. The van der Waals surface area contributed by atoms with Gasteiger partial charge in [-0.3, -0.25) is 9.59 Å². The van der Waals surface area contributed by atoms with Crippen LogP contribution in [0.25, 0.3) is 0 Å². The molecule has 114 valence electrons. The molecule has 0 saturated heterocycles. The molecule has 4 nitrogen and oxygen atoms in total. The summed E-state index contributed by atoms with van der Waals surface area (Å²) < 4.78 is 0. The van der Waals surface area contributed by atoms with Gasteiger partial charge in [0.25, 0.3) is 0 Å². The standard InChI is InChI=1S/C17H23NO3/c1-10(2)12-4-6-13(7-5-12)14-9-15(14)17(21)18-11(3)8-16(19)20/h4-7,10-11,14-15H,8-9H2,1-3H3,(H,18,21)(H,19,20). The molecule has 0 bridgehead atoms. The highest BCUT2D eigenvalue weighted by molar-refractivity contribution is 5.83. The molecule has 1 aromatic rings. The Morgan fingerprint density at radius 1 is 1.24 bits per heavy atom. The van der Waals surface area contributed by atoms with Crippen molar-refractivity contribution in [2.75, 3.05) is 0 Å². The molecule has 0 aliphatic heterocycles. The molecule has 1 aliphatic carbocycles. The fourth-order valence-corrected chi connectivity index (χ4v) is 2.64. The molecule has 0 spiro atoms. The fourth-order valence-electron chi connectivity index (χ4n) is 2.64. The maximum absolute atomic E-state index is 12.1. The van der Waals surface area contributed by atoms with Gasteiger partial charge in [0.05, 0.1) is 6.42 Å². The second kappa shape index (κ2) is 6.29. The Hall–Kier alpha value is -1.84. The largest absolute Gasteiger partial charge is 0.481 e. The number of nitrogens with one attached hydrogen (secondary N) is 1. The van der Waals surface area contributed by atoms with Gasteiger partial charge in [0.15, 0.2) is 0 Å². The van der Waals surface area contributed by atoms with Gasteiger partial charge < -0.3 is 10.4 Å². The van der Waals surface area contributed by atoms with Crippen molar-refractivity contribution in [3.05, 3.63) is 35.4 Å². The molecule has 3 unspecified atom stereocenters. The molecule has 2 N–H and O–H groups in total. The zero-order chi connectivity index (χ0) is 15.6. The Bertz CT molecular complexity index is 521. The number of carbonyl (C=O) groups excluding carboxylic acids is 1. The Labute approximate surface area is 125 Å². The van der Waals surface area contributed by atoms with Gasteiger partial charge in [-0.15, -0.1) is 0 Å². The lowest BCUT2D eigenvalue weighted by Gasteiger charge is -2.11. The first-order chi connectivity index (χ1) is 9.88. The highest BCUT2D eigenvalue weighted by Crippen LogP contribution is 2.47. The molecule has 4 heteroatoms. The number of hydrogen-bond acceptors (Lipinski definition) is 2. The summed E-state index contributed by atoms with van der Waals surface area (Å²) in [4.78, 5) is 22.7. The lowest BCUT2D eigenvalue weighted by molar-refractivity contribution is -0.137. The molecule has 1 amide bonds. The SMILES string of the molecule is CC(CC(=O)O)NC(=O)C1CC1c1ccc(C(C)C)cc1. The predicted octanol–water partition coefficient (Wildman–Crippen LogP) is 2.89. The van der Waals surface area contributed by atoms with Crippen molar-refractivity contribution in [1.82, 2.24) is 5.32 Å². The predicted molar refractivity (Wildman–Crippen MR) is 81.2 cm³/mol. The van der Waals surface area contributed by atoms with Crippen LogP contribution in [0.4, 0.5) is 0 Å². The van der Waals surface area contributed by atoms with E-state index in [4.69, 9.17) is 5.11 Å². The van der Waals surface area contributed by atoms with Crippen molar-refractivity contribution in [2.45, 2.75) is 51.5 Å². The summed E-state index contributed by atoms with van der Waals surface area (Å²) in [6.45, 7) is 6.04. The van der Waals surface area contributed by atoms with Crippen LogP contribution >= 0.6 is 0 Å². The van der Waals surface area contributed by atoms with Crippen molar-refractivity contribution < 1.29 is 14.7 Å². The van der Waals surface area contributed by atoms with Crippen molar-refractivity contribution in [1.29, 1.82) is 0 Å². The molecule has 0 radical (unpaired) electrons. The van der Waals surface area contributed by atoms with Crippen LogP contribution in [-0.4, -0.2) is 23.0 Å². The van der Waals surface area contributed by atoms with Gasteiger partial charge in [0.1, 0.15) is 0 Å². The Morgan fingerprint density at radius 3 is 2.38 bits per heavy atom. The summed E-state index contributed by atoms with van der Waals surface area (Å²) >= 11 is 0. The number of carboxylic acid groups (broad SMARTS) is 1. The number of aliphatic carboxylic acids is 1. The van der Waals surface area contributed by atoms with E-state index in [9.17, 15) is 9.59 Å². The molecule has 0 aromatic heterocycles. The van der Waals surface area contributed by atoms with Crippen LogP contribution in [0.2, 0.25) is 0 Å². The van der Waals surface area contributed by atoms with Crippen molar-refractivity contribution in [3.8, 4) is 0 Å². The Morgan fingerprint density at radius 2 is 1.86 bits per heavy atom. The van der Waals surface area contributed by atoms with Crippen molar-refractivity contribution in [3.63, 3.8) is 0 Å². The van der Waals surface area contributed by atoms with E-state index in [1.54, 1.807) is 6.92 Å². The van der Waals surface area contributed by atoms with E-state index in [2.05, 4.69) is 43.4 Å². The molecule has 2 rings (SSSR count). The van der Waals surface area contributed by atoms with Crippen LogP contribution in [-0.2, 0) is 9.59 Å². The number of rotatable bonds is 6. The fraction of sp³-hybridized carbons (Fsp3) is 0.529. The van der Waals surface area contributed by atoms with E-state index in [0.717, 1.165) is 6.42 Å². The van der Waals surface area contributed by atoms with Gasteiger partial charge in [0.2, 0.25) is 5.91 Å². The Kier molecular flexibility index (Phi) is 4.66. The quantitative estimate of drug-likeness (QED) is 0.846. The first-order valence-electron chi connectivity index (χ1n) is 7.50. The molecular weight excluding hydrogens is 266 g/mol. The zero-order valence-corrected chi connectivity index (χ0v) is 12.8. The first kappa shape index (κ1) is 15.5. The van der Waals surface area contributed by atoms with Crippen molar-refractivity contribution in [2.24, 2.45) is 5.92 Å². The summed E-state index contributed by atoms with van der Waals surface area (Å²) in [6.07, 6.45) is 0.818. The van der Waals surface area contributed by atoms with Crippen LogP contribution in [0.3, 0.4) is 0 Å². The van der Waals surface area contributed by atoms with Crippen LogP contribution in [0.15, 0.2) is 24.3 Å². The van der Waals surface area contributed by atoms with Crippen molar-refractivity contribution >= 4 is 11.9 Å². The lowest BCUT2D eigenvalue weighted by Crippen LogP contribution is -2.35. The molecular formula is C17H23NO3. The lowest BCUT2D eigenvalue weighted by atomic mass is 10.00. The number of benzene rings is 1. The van der Waals surface area contributed by atoms with Gasteiger partial charge in [-0.2, -0.15) is 0 Å². The van der Waals surface area contributed by atoms with E-state index in [1.807, 2.05) is 0 Å². The number of amides is 1. The molecule has 3 atom stereocenters. The third kappa shape index (κ3) is 4.06. The van der Waals surface area contributed by atoms with Gasteiger partial charge in [-0.1, -0.05) is 38.1 Å². The Balaban J connectivity index is 1.89. The zero-order valence-electron chi connectivity index (χ0n) is 12.8. The molecule has 21 heavy (non-hydrogen) atoms. The normalized spacial score (nSPS) is 21.9.